The fraction of sp³-hybridized carbons (Fsp3) is 0.211. The van der Waals surface area contributed by atoms with Gasteiger partial charge in [-0.3, -0.25) is 4.79 Å². The van der Waals surface area contributed by atoms with Crippen molar-refractivity contribution in [3.8, 4) is 22.9 Å². The van der Waals surface area contributed by atoms with Crippen LogP contribution in [-0.2, 0) is 11.3 Å². The van der Waals surface area contributed by atoms with Crippen molar-refractivity contribution in [2.45, 2.75) is 18.6 Å². The number of aromatic nitrogens is 3. The third-order valence-electron chi connectivity index (χ3n) is 4.12. The molecule has 28 heavy (non-hydrogen) atoms. The molecular formula is C19H17ClN4O3S. The Labute approximate surface area is 171 Å². The highest BCUT2D eigenvalue weighted by Gasteiger charge is 2.16. The third kappa shape index (κ3) is 3.93. The van der Waals surface area contributed by atoms with Crippen LogP contribution in [-0.4, -0.2) is 33.2 Å². The fourth-order valence-corrected chi connectivity index (χ4v) is 3.72. The van der Waals surface area contributed by atoms with Crippen LogP contribution in [0.25, 0.3) is 11.4 Å². The van der Waals surface area contributed by atoms with Gasteiger partial charge in [-0.2, -0.15) is 0 Å². The molecule has 0 aliphatic carbocycles. The van der Waals surface area contributed by atoms with Crippen molar-refractivity contribution in [1.29, 1.82) is 0 Å². The molecule has 0 radical (unpaired) electrons. The van der Waals surface area contributed by atoms with E-state index in [0.717, 1.165) is 11.4 Å². The number of nitrogens with one attached hydrogen (secondary N) is 1. The van der Waals surface area contributed by atoms with Crippen molar-refractivity contribution in [2.75, 3.05) is 17.9 Å². The van der Waals surface area contributed by atoms with Crippen LogP contribution < -0.4 is 14.8 Å². The van der Waals surface area contributed by atoms with E-state index >= 15 is 0 Å². The fourth-order valence-electron chi connectivity index (χ4n) is 2.79. The summed E-state index contributed by atoms with van der Waals surface area (Å²) >= 11 is 7.29. The zero-order valence-corrected chi connectivity index (χ0v) is 16.6. The Morgan fingerprint density at radius 3 is 2.75 bits per heavy atom. The van der Waals surface area contributed by atoms with Gasteiger partial charge in [0.15, 0.2) is 22.5 Å². The first-order valence-electron chi connectivity index (χ1n) is 8.65. The first kappa shape index (κ1) is 18.6. The Balaban J connectivity index is 1.42. The second-order valence-corrected chi connectivity index (χ2v) is 7.34. The molecule has 9 heteroatoms. The van der Waals surface area contributed by atoms with Gasteiger partial charge in [0.1, 0.15) is 0 Å². The lowest BCUT2D eigenvalue weighted by Crippen LogP contribution is -2.14. The number of carbonyl (C=O) groups is 1. The number of nitrogens with zero attached hydrogens (tertiary/aromatic N) is 3. The van der Waals surface area contributed by atoms with Crippen molar-refractivity contribution in [1.82, 2.24) is 14.8 Å². The van der Waals surface area contributed by atoms with Crippen molar-refractivity contribution >= 4 is 35.0 Å². The van der Waals surface area contributed by atoms with Crippen LogP contribution in [0.5, 0.6) is 11.5 Å². The summed E-state index contributed by atoms with van der Waals surface area (Å²) in [6.45, 7) is 2.90. The summed E-state index contributed by atoms with van der Waals surface area (Å²) in [5.74, 6) is 2.13. The molecule has 144 valence electrons. The quantitative estimate of drug-likeness (QED) is 0.610. The van der Waals surface area contributed by atoms with Crippen molar-refractivity contribution in [3.63, 3.8) is 0 Å². The van der Waals surface area contributed by atoms with Crippen LogP contribution >= 0.6 is 23.4 Å². The van der Waals surface area contributed by atoms with Gasteiger partial charge >= 0.3 is 0 Å². The van der Waals surface area contributed by atoms with Gasteiger partial charge in [-0.1, -0.05) is 23.4 Å². The molecule has 0 fully saturated rings. The van der Waals surface area contributed by atoms with Crippen LogP contribution in [0.15, 0.2) is 47.6 Å². The summed E-state index contributed by atoms with van der Waals surface area (Å²) < 4.78 is 12.6. The molecule has 4 rings (SSSR count). The molecule has 1 aromatic heterocycles. The molecule has 2 heterocycles. The number of hydrogen-bond acceptors (Lipinski definition) is 6. The normalized spacial score (nSPS) is 12.2. The molecule has 0 saturated carbocycles. The largest absolute Gasteiger partial charge is 0.454 e. The minimum Gasteiger partial charge on any atom is -0.454 e. The average Bonchev–Trinajstić information content (AvgIpc) is 3.33. The third-order valence-corrected chi connectivity index (χ3v) is 5.34. The Bertz CT molecular complexity index is 1010. The molecule has 0 unspecified atom stereocenters. The molecule has 2 aromatic carbocycles. The van der Waals surface area contributed by atoms with E-state index in [1.807, 2.05) is 35.8 Å². The highest BCUT2D eigenvalue weighted by atomic mass is 35.5. The van der Waals surface area contributed by atoms with E-state index in [0.29, 0.717) is 33.9 Å². The molecule has 0 bridgehead atoms. The maximum absolute atomic E-state index is 12.3. The van der Waals surface area contributed by atoms with Gasteiger partial charge in [0.2, 0.25) is 12.7 Å². The van der Waals surface area contributed by atoms with Gasteiger partial charge in [0.05, 0.1) is 5.75 Å². The predicted octanol–water partition coefficient (Wildman–Crippen LogP) is 4.08. The van der Waals surface area contributed by atoms with E-state index in [1.165, 1.54) is 11.8 Å². The van der Waals surface area contributed by atoms with Crippen LogP contribution in [0.2, 0.25) is 5.02 Å². The Morgan fingerprint density at radius 2 is 1.96 bits per heavy atom. The highest BCUT2D eigenvalue weighted by molar-refractivity contribution is 7.99. The summed E-state index contributed by atoms with van der Waals surface area (Å²) in [5.41, 5.74) is 1.59. The lowest BCUT2D eigenvalue weighted by Gasteiger charge is -2.08. The average molecular weight is 417 g/mol. The molecule has 1 amide bonds. The van der Waals surface area contributed by atoms with Gasteiger partial charge in [0, 0.05) is 28.9 Å². The molecule has 0 spiro atoms. The number of amides is 1. The second-order valence-electron chi connectivity index (χ2n) is 5.96. The van der Waals surface area contributed by atoms with Crippen LogP contribution in [0.1, 0.15) is 6.92 Å². The van der Waals surface area contributed by atoms with Gasteiger partial charge in [0.25, 0.3) is 0 Å². The maximum atomic E-state index is 12.3. The predicted molar refractivity (Wildman–Crippen MR) is 108 cm³/mol. The molecule has 0 atom stereocenters. The van der Waals surface area contributed by atoms with Crippen molar-refractivity contribution < 1.29 is 14.3 Å². The van der Waals surface area contributed by atoms with Crippen LogP contribution in [0, 0.1) is 0 Å². The molecule has 1 aliphatic rings. The lowest BCUT2D eigenvalue weighted by atomic mass is 10.2. The lowest BCUT2D eigenvalue weighted by molar-refractivity contribution is -0.113. The Morgan fingerprint density at radius 1 is 1.18 bits per heavy atom. The topological polar surface area (TPSA) is 78.3 Å². The molecule has 1 aliphatic heterocycles. The number of halogens is 1. The Hall–Kier alpha value is -2.71. The van der Waals surface area contributed by atoms with E-state index < -0.39 is 0 Å². The van der Waals surface area contributed by atoms with Crippen molar-refractivity contribution in [2.24, 2.45) is 0 Å². The number of fused-ring (bicyclic) bond motifs is 1. The SMILES string of the molecule is CCn1c(SCC(=O)Nc2ccc3c(c2)OCO3)nnc1-c1ccc(Cl)cc1. The zero-order valence-electron chi connectivity index (χ0n) is 15.0. The Kier molecular flexibility index (Phi) is 5.40. The number of hydrogen-bond donors (Lipinski definition) is 1. The number of ether oxygens (including phenoxy) is 2. The molecular weight excluding hydrogens is 400 g/mol. The number of thioether (sulfide) groups is 1. The van der Waals surface area contributed by atoms with Crippen LogP contribution in [0.3, 0.4) is 0 Å². The van der Waals surface area contributed by atoms with Crippen LogP contribution in [0.4, 0.5) is 5.69 Å². The van der Waals surface area contributed by atoms with E-state index in [4.69, 9.17) is 21.1 Å². The van der Waals surface area contributed by atoms with E-state index in [2.05, 4.69) is 15.5 Å². The summed E-state index contributed by atoms with van der Waals surface area (Å²) in [4.78, 5) is 12.3. The van der Waals surface area contributed by atoms with Gasteiger partial charge in [-0.25, -0.2) is 0 Å². The van der Waals surface area contributed by atoms with E-state index in [9.17, 15) is 4.79 Å². The summed E-state index contributed by atoms with van der Waals surface area (Å²) in [7, 11) is 0. The summed E-state index contributed by atoms with van der Waals surface area (Å²) in [6.07, 6.45) is 0. The molecule has 0 saturated heterocycles. The van der Waals surface area contributed by atoms with Gasteiger partial charge in [-0.05, 0) is 43.3 Å². The minimum absolute atomic E-state index is 0.137. The first-order valence-corrected chi connectivity index (χ1v) is 10.0. The number of anilines is 1. The maximum Gasteiger partial charge on any atom is 0.234 e. The first-order chi connectivity index (χ1) is 13.6. The number of carbonyl (C=O) groups excluding carboxylic acids is 1. The van der Waals surface area contributed by atoms with Gasteiger partial charge < -0.3 is 19.4 Å². The smallest absolute Gasteiger partial charge is 0.234 e. The van der Waals surface area contributed by atoms with Gasteiger partial charge in [-0.15, -0.1) is 10.2 Å². The molecule has 3 aromatic rings. The summed E-state index contributed by atoms with van der Waals surface area (Å²) in [6, 6.07) is 12.7. The van der Waals surface area contributed by atoms with Crippen molar-refractivity contribution in [3.05, 3.63) is 47.5 Å². The summed E-state index contributed by atoms with van der Waals surface area (Å²) in [5, 5.41) is 12.7. The highest BCUT2D eigenvalue weighted by Crippen LogP contribution is 2.34. The standard InChI is InChI=1S/C19H17ClN4O3S/c1-2-24-18(12-3-5-13(20)6-4-12)22-23-19(24)28-10-17(25)21-14-7-8-15-16(9-14)27-11-26-15/h3-9H,2,10-11H2,1H3,(H,21,25). The number of rotatable bonds is 6. The number of benzene rings is 2. The molecule has 1 N–H and O–H groups in total. The monoisotopic (exact) mass is 416 g/mol. The van der Waals surface area contributed by atoms with E-state index in [-0.39, 0.29) is 18.5 Å². The van der Waals surface area contributed by atoms with E-state index in [1.54, 1.807) is 18.2 Å². The zero-order chi connectivity index (χ0) is 19.5. The molecule has 7 nitrogen and oxygen atoms in total. The minimum atomic E-state index is -0.137. The second kappa shape index (κ2) is 8.12.